The molecule has 0 aromatic rings. The Morgan fingerprint density at radius 2 is 2.36 bits per heavy atom. The fourth-order valence-corrected chi connectivity index (χ4v) is 0.633. The number of hydrogen-bond donors (Lipinski definition) is 2. The van der Waals surface area contributed by atoms with Crippen LogP contribution in [0, 0.1) is 0 Å². The molecule has 0 fully saturated rings. The van der Waals surface area contributed by atoms with E-state index in [1.807, 2.05) is 13.0 Å². The Balaban J connectivity index is 3.42. The van der Waals surface area contributed by atoms with Crippen molar-refractivity contribution >= 4 is 6.21 Å². The van der Waals surface area contributed by atoms with Gasteiger partial charge < -0.3 is 11.1 Å². The van der Waals surface area contributed by atoms with Gasteiger partial charge >= 0.3 is 0 Å². The van der Waals surface area contributed by atoms with Gasteiger partial charge in [0.2, 0.25) is 0 Å². The lowest BCUT2D eigenvalue weighted by atomic mass is 10.4. The van der Waals surface area contributed by atoms with Crippen molar-refractivity contribution < 1.29 is 0 Å². The molecule has 0 heterocycles. The second-order valence-corrected chi connectivity index (χ2v) is 2.33. The van der Waals surface area contributed by atoms with E-state index >= 15 is 0 Å². The first-order valence-corrected chi connectivity index (χ1v) is 3.84. The molecule has 0 atom stereocenters. The third kappa shape index (κ3) is 7.06. The minimum absolute atomic E-state index is 0.738. The molecule has 3 nitrogen and oxygen atoms in total. The Morgan fingerprint density at radius 3 is 2.91 bits per heavy atom. The van der Waals surface area contributed by atoms with E-state index in [1.54, 1.807) is 13.3 Å². The summed E-state index contributed by atoms with van der Waals surface area (Å²) in [5.41, 5.74) is 6.46. The van der Waals surface area contributed by atoms with Crippen LogP contribution < -0.4 is 11.1 Å². The highest BCUT2D eigenvalue weighted by atomic mass is 14.9. The molecule has 3 heteroatoms. The number of allylic oxidation sites excluding steroid dienone is 2. The molecule has 0 aromatic heterocycles. The standard InChI is InChI=1S/C8H17N3/c1-8(4-7-10-2)11-6-3-5-9/h4,7,11H,3,5-6,9H2,1-2H3/b8-4+,10-7?. The van der Waals surface area contributed by atoms with E-state index in [1.165, 1.54) is 0 Å². The van der Waals surface area contributed by atoms with E-state index in [-0.39, 0.29) is 0 Å². The van der Waals surface area contributed by atoms with Crippen LogP contribution in [0.15, 0.2) is 16.8 Å². The predicted molar refractivity (Wildman–Crippen MR) is 49.8 cm³/mol. The highest BCUT2D eigenvalue weighted by molar-refractivity contribution is 5.71. The van der Waals surface area contributed by atoms with Crippen LogP contribution in [-0.2, 0) is 0 Å². The van der Waals surface area contributed by atoms with Crippen molar-refractivity contribution in [2.24, 2.45) is 10.7 Å². The van der Waals surface area contributed by atoms with Crippen LogP contribution in [0.1, 0.15) is 13.3 Å². The van der Waals surface area contributed by atoms with E-state index in [0.29, 0.717) is 0 Å². The SMILES string of the molecule is CN=C/C=C(\C)NCCCN. The van der Waals surface area contributed by atoms with E-state index in [0.717, 1.165) is 25.2 Å². The number of aliphatic imine (C=N–C) groups is 1. The third-order valence-corrected chi connectivity index (χ3v) is 1.26. The first-order valence-electron chi connectivity index (χ1n) is 3.84. The molecule has 0 rings (SSSR count). The van der Waals surface area contributed by atoms with Gasteiger partial charge in [0, 0.05) is 25.5 Å². The molecular weight excluding hydrogens is 138 g/mol. The van der Waals surface area contributed by atoms with Crippen molar-refractivity contribution in [1.82, 2.24) is 5.32 Å². The summed E-state index contributed by atoms with van der Waals surface area (Å²) in [5.74, 6) is 0. The van der Waals surface area contributed by atoms with Gasteiger partial charge in [-0.1, -0.05) is 0 Å². The maximum absolute atomic E-state index is 5.33. The molecule has 0 amide bonds. The molecule has 0 aliphatic heterocycles. The summed E-state index contributed by atoms with van der Waals surface area (Å²) in [6.45, 7) is 3.69. The van der Waals surface area contributed by atoms with Crippen LogP contribution in [0.3, 0.4) is 0 Å². The van der Waals surface area contributed by atoms with Gasteiger partial charge in [-0.2, -0.15) is 0 Å². The smallest absolute Gasteiger partial charge is 0.0277 e. The van der Waals surface area contributed by atoms with Crippen molar-refractivity contribution in [3.8, 4) is 0 Å². The van der Waals surface area contributed by atoms with Crippen LogP contribution in [-0.4, -0.2) is 26.4 Å². The lowest BCUT2D eigenvalue weighted by Crippen LogP contribution is -2.16. The Labute approximate surface area is 68.4 Å². The second kappa shape index (κ2) is 7.28. The fraction of sp³-hybridized carbons (Fsp3) is 0.625. The molecule has 11 heavy (non-hydrogen) atoms. The van der Waals surface area contributed by atoms with Gasteiger partial charge in [-0.05, 0) is 26.0 Å². The van der Waals surface area contributed by atoms with Gasteiger partial charge in [0.1, 0.15) is 0 Å². The van der Waals surface area contributed by atoms with Crippen LogP contribution >= 0.6 is 0 Å². The summed E-state index contributed by atoms with van der Waals surface area (Å²) >= 11 is 0. The summed E-state index contributed by atoms with van der Waals surface area (Å²) in [5, 5.41) is 3.21. The van der Waals surface area contributed by atoms with Crippen LogP contribution in [0.25, 0.3) is 0 Å². The number of nitrogens with two attached hydrogens (primary N) is 1. The normalized spacial score (nSPS) is 12.5. The van der Waals surface area contributed by atoms with E-state index < -0.39 is 0 Å². The lowest BCUT2D eigenvalue weighted by Gasteiger charge is -2.02. The second-order valence-electron chi connectivity index (χ2n) is 2.33. The largest absolute Gasteiger partial charge is 0.388 e. The molecule has 3 N–H and O–H groups in total. The highest BCUT2D eigenvalue weighted by Crippen LogP contribution is 1.83. The van der Waals surface area contributed by atoms with Crippen molar-refractivity contribution in [3.05, 3.63) is 11.8 Å². The van der Waals surface area contributed by atoms with Gasteiger partial charge in [-0.3, -0.25) is 4.99 Å². The summed E-state index contributed by atoms with van der Waals surface area (Å²) in [6.07, 6.45) is 4.72. The fourth-order valence-electron chi connectivity index (χ4n) is 0.633. The van der Waals surface area contributed by atoms with Crippen LogP contribution in [0.5, 0.6) is 0 Å². The van der Waals surface area contributed by atoms with Crippen molar-refractivity contribution in [1.29, 1.82) is 0 Å². The zero-order valence-corrected chi connectivity index (χ0v) is 7.30. The Morgan fingerprint density at radius 1 is 1.64 bits per heavy atom. The van der Waals surface area contributed by atoms with Gasteiger partial charge in [0.25, 0.3) is 0 Å². The third-order valence-electron chi connectivity index (χ3n) is 1.26. The molecule has 0 aliphatic rings. The predicted octanol–water partition coefficient (Wildman–Crippen LogP) is 0.529. The average Bonchev–Trinajstić information content (AvgIpc) is 2.01. The molecule has 0 radical (unpaired) electrons. The summed E-state index contributed by atoms with van der Waals surface area (Å²) in [7, 11) is 1.75. The number of nitrogens with one attached hydrogen (secondary N) is 1. The molecule has 0 bridgehead atoms. The molecule has 0 saturated heterocycles. The average molecular weight is 155 g/mol. The molecular formula is C8H17N3. The summed E-state index contributed by atoms with van der Waals surface area (Å²) in [4.78, 5) is 3.84. The van der Waals surface area contributed by atoms with E-state index in [4.69, 9.17) is 5.73 Å². The van der Waals surface area contributed by atoms with Crippen molar-refractivity contribution in [2.45, 2.75) is 13.3 Å². The quantitative estimate of drug-likeness (QED) is 0.449. The highest BCUT2D eigenvalue weighted by Gasteiger charge is 1.84. The maximum atomic E-state index is 5.33. The minimum Gasteiger partial charge on any atom is -0.388 e. The molecule has 0 saturated carbocycles. The molecule has 0 spiro atoms. The Hall–Kier alpha value is -0.830. The Kier molecular flexibility index (Phi) is 6.73. The Bertz CT molecular complexity index is 138. The first-order chi connectivity index (χ1) is 5.31. The van der Waals surface area contributed by atoms with Crippen molar-refractivity contribution in [2.75, 3.05) is 20.1 Å². The van der Waals surface area contributed by atoms with Crippen molar-refractivity contribution in [3.63, 3.8) is 0 Å². The van der Waals surface area contributed by atoms with Gasteiger partial charge in [-0.15, -0.1) is 0 Å². The van der Waals surface area contributed by atoms with Crippen LogP contribution in [0.2, 0.25) is 0 Å². The molecule has 0 unspecified atom stereocenters. The van der Waals surface area contributed by atoms with Gasteiger partial charge in [-0.25, -0.2) is 0 Å². The molecule has 64 valence electrons. The minimum atomic E-state index is 0.738. The van der Waals surface area contributed by atoms with Crippen LogP contribution in [0.4, 0.5) is 0 Å². The summed E-state index contributed by atoms with van der Waals surface area (Å²) < 4.78 is 0. The van der Waals surface area contributed by atoms with Gasteiger partial charge in [0.15, 0.2) is 0 Å². The number of nitrogens with zero attached hydrogens (tertiary/aromatic N) is 1. The zero-order chi connectivity index (χ0) is 8.53. The van der Waals surface area contributed by atoms with E-state index in [9.17, 15) is 0 Å². The summed E-state index contributed by atoms with van der Waals surface area (Å²) in [6, 6.07) is 0. The first kappa shape index (κ1) is 10.2. The van der Waals surface area contributed by atoms with Gasteiger partial charge in [0.05, 0.1) is 0 Å². The zero-order valence-electron chi connectivity index (χ0n) is 7.30. The lowest BCUT2D eigenvalue weighted by molar-refractivity contribution is 0.733. The topological polar surface area (TPSA) is 50.4 Å². The molecule has 0 aliphatic carbocycles. The number of hydrogen-bond acceptors (Lipinski definition) is 3. The monoisotopic (exact) mass is 155 g/mol. The number of rotatable bonds is 5. The maximum Gasteiger partial charge on any atom is 0.0277 e. The molecule has 0 aromatic carbocycles. The van der Waals surface area contributed by atoms with E-state index in [2.05, 4.69) is 10.3 Å².